The molecule has 0 atom stereocenters. The van der Waals surface area contributed by atoms with Crippen LogP contribution >= 0.6 is 11.6 Å². The SMILES string of the molecule is O=Nc1c(O)ccnc1Cl. The molecule has 0 aliphatic carbocycles. The van der Waals surface area contributed by atoms with Crippen LogP contribution in [0.25, 0.3) is 0 Å². The highest BCUT2D eigenvalue weighted by atomic mass is 35.5. The van der Waals surface area contributed by atoms with Gasteiger partial charge in [0, 0.05) is 12.3 Å². The van der Waals surface area contributed by atoms with Gasteiger partial charge >= 0.3 is 0 Å². The lowest BCUT2D eigenvalue weighted by Crippen LogP contribution is -1.74. The summed E-state index contributed by atoms with van der Waals surface area (Å²) in [6.07, 6.45) is 1.28. The Bertz CT molecular complexity index is 244. The number of pyridine rings is 1. The molecule has 0 saturated heterocycles. The van der Waals surface area contributed by atoms with Crippen LogP contribution in [0.2, 0.25) is 5.15 Å². The van der Waals surface area contributed by atoms with E-state index in [2.05, 4.69) is 10.2 Å². The van der Waals surface area contributed by atoms with Gasteiger partial charge in [-0.25, -0.2) is 4.98 Å². The van der Waals surface area contributed by atoms with Crippen molar-refractivity contribution in [1.82, 2.24) is 4.98 Å². The fourth-order valence-electron chi connectivity index (χ4n) is 0.503. The second-order valence-corrected chi connectivity index (χ2v) is 1.92. The van der Waals surface area contributed by atoms with Gasteiger partial charge in [0.05, 0.1) is 0 Å². The summed E-state index contributed by atoms with van der Waals surface area (Å²) in [5, 5.41) is 11.3. The third kappa shape index (κ3) is 1.06. The van der Waals surface area contributed by atoms with E-state index < -0.39 is 0 Å². The molecule has 0 aliphatic heterocycles. The van der Waals surface area contributed by atoms with E-state index in [1.807, 2.05) is 0 Å². The molecule has 0 fully saturated rings. The molecule has 0 bridgehead atoms. The fraction of sp³-hybridized carbons (Fsp3) is 0. The molecule has 0 spiro atoms. The zero-order chi connectivity index (χ0) is 7.56. The van der Waals surface area contributed by atoms with Crippen LogP contribution < -0.4 is 0 Å². The average Bonchev–Trinajstić information content (AvgIpc) is 1.88. The molecule has 1 rings (SSSR count). The van der Waals surface area contributed by atoms with E-state index in [0.29, 0.717) is 0 Å². The Hall–Kier alpha value is -1.16. The summed E-state index contributed by atoms with van der Waals surface area (Å²) in [4.78, 5) is 13.4. The minimum atomic E-state index is -0.255. The summed E-state index contributed by atoms with van der Waals surface area (Å²) in [6.45, 7) is 0. The van der Waals surface area contributed by atoms with Crippen LogP contribution in [0.3, 0.4) is 0 Å². The van der Waals surface area contributed by atoms with E-state index in [1.165, 1.54) is 12.3 Å². The predicted octanol–water partition coefficient (Wildman–Crippen LogP) is 1.84. The smallest absolute Gasteiger partial charge is 0.186 e. The lowest BCUT2D eigenvalue weighted by molar-refractivity contribution is 0.476. The Labute approximate surface area is 61.4 Å². The normalized spacial score (nSPS) is 9.30. The number of aromatic hydroxyl groups is 1. The van der Waals surface area contributed by atoms with Crippen molar-refractivity contribution in [3.63, 3.8) is 0 Å². The lowest BCUT2D eigenvalue weighted by Gasteiger charge is -1.93. The molecule has 0 aromatic carbocycles. The maximum absolute atomic E-state index is 9.91. The van der Waals surface area contributed by atoms with E-state index in [-0.39, 0.29) is 16.6 Å². The zero-order valence-electron chi connectivity index (χ0n) is 4.78. The second kappa shape index (κ2) is 2.62. The maximum atomic E-state index is 9.91. The Balaban J connectivity index is 3.30. The molecule has 1 aromatic rings. The lowest BCUT2D eigenvalue weighted by atomic mass is 10.4. The molecule has 0 aliphatic rings. The van der Waals surface area contributed by atoms with Crippen LogP contribution in [0.15, 0.2) is 17.4 Å². The highest BCUT2D eigenvalue weighted by molar-refractivity contribution is 6.32. The molecule has 1 N–H and O–H groups in total. The van der Waals surface area contributed by atoms with Crippen molar-refractivity contribution >= 4 is 17.3 Å². The third-order valence-corrected chi connectivity index (χ3v) is 1.23. The van der Waals surface area contributed by atoms with Gasteiger partial charge in [-0.2, -0.15) is 0 Å². The van der Waals surface area contributed by atoms with Crippen LogP contribution in [0.1, 0.15) is 0 Å². The second-order valence-electron chi connectivity index (χ2n) is 1.56. The fourth-order valence-corrected chi connectivity index (χ4v) is 0.691. The van der Waals surface area contributed by atoms with Crippen LogP contribution in [-0.4, -0.2) is 10.1 Å². The van der Waals surface area contributed by atoms with E-state index in [9.17, 15) is 4.91 Å². The number of nitroso groups, excluding NO2 is 1. The molecule has 0 amide bonds. The number of aromatic nitrogens is 1. The zero-order valence-corrected chi connectivity index (χ0v) is 5.54. The molecule has 0 unspecified atom stereocenters. The monoisotopic (exact) mass is 158 g/mol. The quantitative estimate of drug-likeness (QED) is 0.501. The Morgan fingerprint density at radius 2 is 2.40 bits per heavy atom. The molecule has 0 radical (unpaired) electrons. The van der Waals surface area contributed by atoms with E-state index in [0.717, 1.165) is 0 Å². The summed E-state index contributed by atoms with van der Waals surface area (Å²) >= 11 is 5.36. The molecule has 4 nitrogen and oxygen atoms in total. The van der Waals surface area contributed by atoms with Crippen LogP contribution in [0.5, 0.6) is 5.75 Å². The summed E-state index contributed by atoms with van der Waals surface area (Å²) in [6, 6.07) is 1.24. The highest BCUT2D eigenvalue weighted by Gasteiger charge is 2.05. The van der Waals surface area contributed by atoms with Crippen molar-refractivity contribution in [3.8, 4) is 5.75 Å². The molecule has 10 heavy (non-hydrogen) atoms. The summed E-state index contributed by atoms with van der Waals surface area (Å²) in [5.41, 5.74) is -0.218. The molecule has 1 heterocycles. The first-order chi connectivity index (χ1) is 4.75. The van der Waals surface area contributed by atoms with Gasteiger partial charge in [-0.05, 0) is 5.18 Å². The Kier molecular flexibility index (Phi) is 1.82. The number of hydrogen-bond acceptors (Lipinski definition) is 4. The molecule has 52 valence electrons. The average molecular weight is 159 g/mol. The van der Waals surface area contributed by atoms with Crippen molar-refractivity contribution in [2.45, 2.75) is 0 Å². The predicted molar refractivity (Wildman–Crippen MR) is 36.4 cm³/mol. The van der Waals surface area contributed by atoms with Crippen molar-refractivity contribution in [1.29, 1.82) is 0 Å². The van der Waals surface area contributed by atoms with Crippen LogP contribution in [0, 0.1) is 4.91 Å². The highest BCUT2D eigenvalue weighted by Crippen LogP contribution is 2.31. The van der Waals surface area contributed by atoms with Crippen LogP contribution in [0.4, 0.5) is 5.69 Å². The standard InChI is InChI=1S/C5H3ClN2O2/c6-5-4(8-10)3(9)1-2-7-5/h1-2H,(H,7,9). The van der Waals surface area contributed by atoms with Gasteiger partial charge in [-0.1, -0.05) is 11.6 Å². The number of rotatable bonds is 1. The Morgan fingerprint density at radius 3 is 2.80 bits per heavy atom. The molecule has 0 saturated carbocycles. The number of halogens is 1. The maximum Gasteiger partial charge on any atom is 0.186 e. The Morgan fingerprint density at radius 1 is 1.70 bits per heavy atom. The number of nitrogens with zero attached hydrogens (tertiary/aromatic N) is 2. The van der Waals surface area contributed by atoms with Gasteiger partial charge in [-0.3, -0.25) is 0 Å². The van der Waals surface area contributed by atoms with Gasteiger partial charge in [0.25, 0.3) is 0 Å². The van der Waals surface area contributed by atoms with Gasteiger partial charge in [-0.15, -0.1) is 4.91 Å². The summed E-state index contributed by atoms with van der Waals surface area (Å²) in [5.74, 6) is -0.255. The molecular formula is C5H3ClN2O2. The van der Waals surface area contributed by atoms with Gasteiger partial charge in [0.15, 0.2) is 10.8 Å². The first-order valence-corrected chi connectivity index (χ1v) is 2.80. The molecule has 1 aromatic heterocycles. The van der Waals surface area contributed by atoms with Crippen molar-refractivity contribution < 1.29 is 5.11 Å². The minimum Gasteiger partial charge on any atom is -0.505 e. The molecular weight excluding hydrogens is 156 g/mol. The van der Waals surface area contributed by atoms with Gasteiger partial charge < -0.3 is 5.11 Å². The van der Waals surface area contributed by atoms with Crippen molar-refractivity contribution in [2.75, 3.05) is 0 Å². The minimum absolute atomic E-state index is 0.0880. The summed E-state index contributed by atoms with van der Waals surface area (Å²) in [7, 11) is 0. The molecule has 5 heteroatoms. The van der Waals surface area contributed by atoms with Crippen molar-refractivity contribution in [3.05, 3.63) is 22.3 Å². The van der Waals surface area contributed by atoms with E-state index >= 15 is 0 Å². The third-order valence-electron chi connectivity index (χ3n) is 0.950. The van der Waals surface area contributed by atoms with E-state index in [1.54, 1.807) is 0 Å². The van der Waals surface area contributed by atoms with Gasteiger partial charge in [0.2, 0.25) is 0 Å². The van der Waals surface area contributed by atoms with Crippen LogP contribution in [-0.2, 0) is 0 Å². The topological polar surface area (TPSA) is 62.5 Å². The summed E-state index contributed by atoms with van der Waals surface area (Å²) < 4.78 is 0. The first-order valence-electron chi connectivity index (χ1n) is 2.42. The van der Waals surface area contributed by atoms with Gasteiger partial charge in [0.1, 0.15) is 5.75 Å². The first kappa shape index (κ1) is 6.95. The van der Waals surface area contributed by atoms with E-state index in [4.69, 9.17) is 16.7 Å². The largest absolute Gasteiger partial charge is 0.505 e. The van der Waals surface area contributed by atoms with Crippen molar-refractivity contribution in [2.24, 2.45) is 5.18 Å². The number of hydrogen-bond donors (Lipinski definition) is 1.